The van der Waals surface area contributed by atoms with E-state index in [0.717, 1.165) is 11.0 Å². The van der Waals surface area contributed by atoms with Gasteiger partial charge in [0.15, 0.2) is 17.4 Å². The topological polar surface area (TPSA) is 102 Å². The molecular weight excluding hydrogens is 327 g/mol. The number of hydrogen-bond acceptors (Lipinski definition) is 6. The van der Waals surface area contributed by atoms with E-state index >= 15 is 0 Å². The van der Waals surface area contributed by atoms with Crippen molar-refractivity contribution in [1.29, 1.82) is 5.26 Å². The maximum absolute atomic E-state index is 13.0. The van der Waals surface area contributed by atoms with E-state index in [1.165, 1.54) is 30.5 Å². The Balaban J connectivity index is 1.87. The van der Waals surface area contributed by atoms with Gasteiger partial charge in [-0.2, -0.15) is 15.2 Å². The Hall–Kier alpha value is -3.60. The first-order chi connectivity index (χ1) is 12.0. The van der Waals surface area contributed by atoms with Gasteiger partial charge in [-0.1, -0.05) is 0 Å². The fraction of sp³-hybridized carbons (Fsp3) is 0.118. The van der Waals surface area contributed by atoms with Crippen LogP contribution in [-0.2, 0) is 0 Å². The molecule has 0 saturated heterocycles. The van der Waals surface area contributed by atoms with Gasteiger partial charge in [0.05, 0.1) is 24.2 Å². The summed E-state index contributed by atoms with van der Waals surface area (Å²) in [5, 5.41) is 17.1. The van der Waals surface area contributed by atoms with Crippen LogP contribution in [0.5, 0.6) is 0 Å². The van der Waals surface area contributed by atoms with Crippen molar-refractivity contribution in [2.24, 2.45) is 5.92 Å². The van der Waals surface area contributed by atoms with Gasteiger partial charge in [0, 0.05) is 0 Å². The first-order valence-corrected chi connectivity index (χ1v) is 7.21. The zero-order valence-corrected chi connectivity index (χ0v) is 13.0. The molecule has 3 aromatic rings. The van der Waals surface area contributed by atoms with Gasteiger partial charge in [-0.05, 0) is 42.8 Å². The third-order valence-corrected chi connectivity index (χ3v) is 3.54. The molecule has 0 spiro atoms. The summed E-state index contributed by atoms with van der Waals surface area (Å²) < 4.78 is 18.0. The van der Waals surface area contributed by atoms with Crippen LogP contribution in [-0.4, -0.2) is 26.6 Å². The molecule has 1 atom stereocenters. The summed E-state index contributed by atoms with van der Waals surface area (Å²) >= 11 is 0. The Labute approximate surface area is 141 Å². The molecular formula is C17H11FN4O3. The minimum absolute atomic E-state index is 0.0363. The molecule has 0 fully saturated rings. The Bertz CT molecular complexity index is 982. The van der Waals surface area contributed by atoms with Crippen LogP contribution in [0, 0.1) is 30.0 Å². The standard InChI is InChI=1S/C17H11FN4O3/c1-10-6-7-25-17(10)16(24)13(8-19)15(23)14-9-20-22(21-14)12-4-2-11(18)3-5-12/h2-7,9,13H,1H3. The maximum atomic E-state index is 13.0. The molecule has 2 heterocycles. The van der Waals surface area contributed by atoms with E-state index in [9.17, 15) is 19.2 Å². The zero-order valence-electron chi connectivity index (χ0n) is 13.0. The highest BCUT2D eigenvalue weighted by molar-refractivity contribution is 6.16. The van der Waals surface area contributed by atoms with E-state index in [1.54, 1.807) is 19.1 Å². The third-order valence-electron chi connectivity index (χ3n) is 3.54. The number of furan rings is 1. The number of carbonyl (C=O) groups is 2. The molecule has 2 aromatic heterocycles. The van der Waals surface area contributed by atoms with Crippen LogP contribution in [0.25, 0.3) is 5.69 Å². The molecule has 0 N–H and O–H groups in total. The van der Waals surface area contributed by atoms with Crippen LogP contribution in [0.3, 0.4) is 0 Å². The number of rotatable bonds is 5. The number of nitriles is 1. The number of carbonyl (C=O) groups excluding carboxylic acids is 2. The molecule has 0 radical (unpaired) electrons. The van der Waals surface area contributed by atoms with E-state index in [2.05, 4.69) is 10.2 Å². The van der Waals surface area contributed by atoms with Crippen LogP contribution in [0.2, 0.25) is 0 Å². The molecule has 0 aliphatic rings. The maximum Gasteiger partial charge on any atom is 0.223 e. The van der Waals surface area contributed by atoms with Crippen LogP contribution in [0.4, 0.5) is 4.39 Å². The number of Topliss-reactive ketones (excluding diaryl/α,β-unsaturated/α-hetero) is 2. The fourth-order valence-corrected chi connectivity index (χ4v) is 2.22. The van der Waals surface area contributed by atoms with E-state index in [-0.39, 0.29) is 11.5 Å². The summed E-state index contributed by atoms with van der Waals surface area (Å²) in [6.45, 7) is 1.64. The molecule has 0 aliphatic carbocycles. The highest BCUT2D eigenvalue weighted by Gasteiger charge is 2.33. The van der Waals surface area contributed by atoms with Crippen molar-refractivity contribution in [2.45, 2.75) is 6.92 Å². The lowest BCUT2D eigenvalue weighted by atomic mass is 9.96. The molecule has 0 saturated carbocycles. The predicted octanol–water partition coefficient (Wildman–Crippen LogP) is 2.51. The normalized spacial score (nSPS) is 11.7. The van der Waals surface area contributed by atoms with Crippen molar-refractivity contribution in [3.8, 4) is 11.8 Å². The third kappa shape index (κ3) is 3.07. The van der Waals surface area contributed by atoms with Gasteiger partial charge in [0.1, 0.15) is 5.82 Å². The van der Waals surface area contributed by atoms with E-state index in [0.29, 0.717) is 11.3 Å². The SMILES string of the molecule is Cc1ccoc1C(=O)C(C#N)C(=O)c1cnn(-c2ccc(F)cc2)n1. The molecule has 25 heavy (non-hydrogen) atoms. The number of ketones is 2. The molecule has 0 aliphatic heterocycles. The number of benzene rings is 1. The van der Waals surface area contributed by atoms with Gasteiger partial charge in [-0.25, -0.2) is 4.39 Å². The second-order valence-corrected chi connectivity index (χ2v) is 5.22. The first kappa shape index (κ1) is 16.3. The molecule has 0 bridgehead atoms. The number of hydrogen-bond donors (Lipinski definition) is 0. The van der Waals surface area contributed by atoms with Crippen LogP contribution >= 0.6 is 0 Å². The minimum atomic E-state index is -1.58. The van der Waals surface area contributed by atoms with Gasteiger partial charge in [-0.15, -0.1) is 5.10 Å². The molecule has 3 rings (SSSR count). The second-order valence-electron chi connectivity index (χ2n) is 5.22. The molecule has 124 valence electrons. The Morgan fingerprint density at radius 2 is 1.96 bits per heavy atom. The Kier molecular flexibility index (Phi) is 4.22. The molecule has 7 nitrogen and oxygen atoms in total. The molecule has 0 amide bonds. The fourth-order valence-electron chi connectivity index (χ4n) is 2.22. The first-order valence-electron chi connectivity index (χ1n) is 7.21. The largest absolute Gasteiger partial charge is 0.461 e. The van der Waals surface area contributed by atoms with Crippen molar-refractivity contribution in [1.82, 2.24) is 15.0 Å². The van der Waals surface area contributed by atoms with Crippen molar-refractivity contribution in [3.05, 3.63) is 65.6 Å². The summed E-state index contributed by atoms with van der Waals surface area (Å²) in [5.74, 6) is -3.55. The van der Waals surface area contributed by atoms with Gasteiger partial charge in [0.2, 0.25) is 11.6 Å². The predicted molar refractivity (Wildman–Crippen MR) is 82.5 cm³/mol. The van der Waals surface area contributed by atoms with E-state index in [1.807, 2.05) is 0 Å². The number of aromatic nitrogens is 3. The van der Waals surface area contributed by atoms with E-state index < -0.39 is 23.3 Å². The number of halogens is 1. The second kappa shape index (κ2) is 6.49. The van der Waals surface area contributed by atoms with Gasteiger partial charge < -0.3 is 4.42 Å². The average Bonchev–Trinajstić information content (AvgIpc) is 3.25. The summed E-state index contributed by atoms with van der Waals surface area (Å²) in [7, 11) is 0. The number of nitrogens with zero attached hydrogens (tertiary/aromatic N) is 4. The van der Waals surface area contributed by atoms with Crippen molar-refractivity contribution >= 4 is 11.6 Å². The van der Waals surface area contributed by atoms with Crippen molar-refractivity contribution in [2.75, 3.05) is 0 Å². The summed E-state index contributed by atoms with van der Waals surface area (Å²) in [6, 6.07) is 8.57. The average molecular weight is 338 g/mol. The van der Waals surface area contributed by atoms with Crippen LogP contribution in [0.1, 0.15) is 26.6 Å². The molecule has 1 aromatic carbocycles. The van der Waals surface area contributed by atoms with Gasteiger partial charge in [-0.3, -0.25) is 9.59 Å². The van der Waals surface area contributed by atoms with Gasteiger partial charge in [0.25, 0.3) is 0 Å². The van der Waals surface area contributed by atoms with Crippen LogP contribution in [0.15, 0.2) is 47.2 Å². The highest BCUT2D eigenvalue weighted by atomic mass is 19.1. The summed E-state index contributed by atoms with van der Waals surface area (Å²) in [4.78, 5) is 25.9. The zero-order chi connectivity index (χ0) is 18.0. The van der Waals surface area contributed by atoms with Crippen molar-refractivity contribution < 1.29 is 18.4 Å². The van der Waals surface area contributed by atoms with Crippen LogP contribution < -0.4 is 0 Å². The number of aryl methyl sites for hydroxylation is 1. The molecule has 8 heteroatoms. The Morgan fingerprint density at radius 1 is 1.24 bits per heavy atom. The van der Waals surface area contributed by atoms with E-state index in [4.69, 9.17) is 4.42 Å². The summed E-state index contributed by atoms with van der Waals surface area (Å²) in [6.07, 6.45) is 2.46. The highest BCUT2D eigenvalue weighted by Crippen LogP contribution is 2.18. The minimum Gasteiger partial charge on any atom is -0.461 e. The van der Waals surface area contributed by atoms with Crippen molar-refractivity contribution in [3.63, 3.8) is 0 Å². The summed E-state index contributed by atoms with van der Waals surface area (Å²) in [5.41, 5.74) is 0.823. The lowest BCUT2D eigenvalue weighted by Gasteiger charge is -2.04. The quantitative estimate of drug-likeness (QED) is 0.523. The monoisotopic (exact) mass is 338 g/mol. The lowest BCUT2D eigenvalue weighted by molar-refractivity contribution is 0.0825. The molecule has 1 unspecified atom stereocenters. The lowest BCUT2D eigenvalue weighted by Crippen LogP contribution is -2.23. The Morgan fingerprint density at radius 3 is 2.56 bits per heavy atom. The van der Waals surface area contributed by atoms with Gasteiger partial charge >= 0.3 is 0 Å². The smallest absolute Gasteiger partial charge is 0.223 e.